The predicted molar refractivity (Wildman–Crippen MR) is 90.7 cm³/mol. The van der Waals surface area contributed by atoms with Crippen LogP contribution in [0, 0.1) is 11.8 Å². The molecule has 2 rings (SSSR count). The third-order valence-electron chi connectivity index (χ3n) is 3.86. The van der Waals surface area contributed by atoms with Gasteiger partial charge in [0.25, 0.3) is 0 Å². The van der Waals surface area contributed by atoms with Gasteiger partial charge in [-0.05, 0) is 24.8 Å². The second-order valence-electron chi connectivity index (χ2n) is 6.58. The number of hydrogen-bond acceptors (Lipinski definition) is 3. The first-order valence-electron chi connectivity index (χ1n) is 8.10. The van der Waals surface area contributed by atoms with Crippen molar-refractivity contribution in [1.82, 2.24) is 10.3 Å². The fraction of sp³-hybridized carbons (Fsp3) is 0.500. The lowest BCUT2D eigenvalue weighted by Gasteiger charge is -2.16. The number of nitrogens with one attached hydrogen (secondary N) is 1. The molecule has 0 aromatic heterocycles. The van der Waals surface area contributed by atoms with Crippen LogP contribution in [-0.4, -0.2) is 29.0 Å². The lowest BCUT2D eigenvalue weighted by molar-refractivity contribution is -0.129. The van der Waals surface area contributed by atoms with E-state index in [1.165, 1.54) is 0 Å². The summed E-state index contributed by atoms with van der Waals surface area (Å²) in [5.41, 5.74) is 4.58. The molecule has 0 bridgehead atoms. The molecule has 23 heavy (non-hydrogen) atoms. The van der Waals surface area contributed by atoms with Gasteiger partial charge in [-0.15, -0.1) is 0 Å². The SMILES string of the molecule is C/C(CC(C)C)=N\NC(=O)C1CC(=O)N(Cc2ccccc2)C1. The zero-order valence-corrected chi connectivity index (χ0v) is 14.1. The molecule has 1 atom stereocenters. The van der Waals surface area contributed by atoms with E-state index >= 15 is 0 Å². The summed E-state index contributed by atoms with van der Waals surface area (Å²) in [6.45, 7) is 7.13. The Balaban J connectivity index is 1.88. The molecule has 1 N–H and O–H groups in total. The van der Waals surface area contributed by atoms with Crippen LogP contribution >= 0.6 is 0 Å². The average Bonchev–Trinajstić information content (AvgIpc) is 2.86. The van der Waals surface area contributed by atoms with E-state index < -0.39 is 0 Å². The number of likely N-dealkylation sites (tertiary alicyclic amines) is 1. The zero-order valence-electron chi connectivity index (χ0n) is 14.1. The zero-order chi connectivity index (χ0) is 16.8. The molecule has 1 fully saturated rings. The Morgan fingerprint density at radius 2 is 2.04 bits per heavy atom. The Labute approximate surface area is 137 Å². The lowest BCUT2D eigenvalue weighted by Crippen LogP contribution is -2.30. The molecule has 1 unspecified atom stereocenters. The highest BCUT2D eigenvalue weighted by Crippen LogP contribution is 2.20. The molecule has 1 heterocycles. The van der Waals surface area contributed by atoms with Crippen LogP contribution in [0.25, 0.3) is 0 Å². The Morgan fingerprint density at radius 1 is 1.35 bits per heavy atom. The van der Waals surface area contributed by atoms with Crippen molar-refractivity contribution < 1.29 is 9.59 Å². The van der Waals surface area contributed by atoms with E-state index in [0.29, 0.717) is 19.0 Å². The second kappa shape index (κ2) is 7.90. The maximum atomic E-state index is 12.2. The third-order valence-corrected chi connectivity index (χ3v) is 3.86. The minimum Gasteiger partial charge on any atom is -0.338 e. The highest BCUT2D eigenvalue weighted by Gasteiger charge is 2.34. The quantitative estimate of drug-likeness (QED) is 0.648. The fourth-order valence-corrected chi connectivity index (χ4v) is 2.78. The molecule has 124 valence electrons. The molecule has 1 saturated heterocycles. The summed E-state index contributed by atoms with van der Waals surface area (Å²) < 4.78 is 0. The Kier molecular flexibility index (Phi) is 5.90. The van der Waals surface area contributed by atoms with E-state index in [-0.39, 0.29) is 24.2 Å². The van der Waals surface area contributed by atoms with Gasteiger partial charge in [0.1, 0.15) is 0 Å². The van der Waals surface area contributed by atoms with Gasteiger partial charge in [-0.2, -0.15) is 5.10 Å². The van der Waals surface area contributed by atoms with Crippen LogP contribution in [0.4, 0.5) is 0 Å². The van der Waals surface area contributed by atoms with Crippen LogP contribution in [0.5, 0.6) is 0 Å². The molecule has 2 amide bonds. The van der Waals surface area contributed by atoms with Crippen LogP contribution in [0.3, 0.4) is 0 Å². The summed E-state index contributed by atoms with van der Waals surface area (Å²) in [7, 11) is 0. The Hall–Kier alpha value is -2.17. The van der Waals surface area contributed by atoms with E-state index in [1.54, 1.807) is 4.90 Å². The van der Waals surface area contributed by atoms with E-state index in [1.807, 2.05) is 37.3 Å². The lowest BCUT2D eigenvalue weighted by atomic mass is 10.1. The minimum atomic E-state index is -0.318. The molecule has 1 aliphatic heterocycles. The Bertz CT molecular complexity index is 581. The van der Waals surface area contributed by atoms with Crippen molar-refractivity contribution in [2.75, 3.05) is 6.54 Å². The molecular weight excluding hydrogens is 290 g/mol. The standard InChI is InChI=1S/C18H25N3O2/c1-13(2)9-14(3)19-20-18(23)16-10-17(22)21(12-16)11-15-7-5-4-6-8-15/h4-8,13,16H,9-12H2,1-3H3,(H,20,23)/b19-14+. The van der Waals surface area contributed by atoms with Gasteiger partial charge in [-0.3, -0.25) is 9.59 Å². The predicted octanol–water partition coefficient (Wildman–Crippen LogP) is 2.57. The van der Waals surface area contributed by atoms with Crippen LogP contribution in [0.15, 0.2) is 35.4 Å². The van der Waals surface area contributed by atoms with E-state index in [4.69, 9.17) is 0 Å². The molecule has 0 radical (unpaired) electrons. The molecule has 1 aromatic carbocycles. The maximum Gasteiger partial charge on any atom is 0.245 e. The summed E-state index contributed by atoms with van der Waals surface area (Å²) in [5.74, 6) is 0.0424. The van der Waals surface area contributed by atoms with Gasteiger partial charge in [0.15, 0.2) is 0 Å². The topological polar surface area (TPSA) is 61.8 Å². The van der Waals surface area contributed by atoms with E-state index in [2.05, 4.69) is 24.4 Å². The molecule has 0 saturated carbocycles. The van der Waals surface area contributed by atoms with Crippen molar-refractivity contribution in [2.24, 2.45) is 16.9 Å². The smallest absolute Gasteiger partial charge is 0.245 e. The summed E-state index contributed by atoms with van der Waals surface area (Å²) in [6.07, 6.45) is 1.11. The van der Waals surface area contributed by atoms with Gasteiger partial charge in [-0.1, -0.05) is 44.2 Å². The first-order chi connectivity index (χ1) is 11.0. The van der Waals surface area contributed by atoms with Gasteiger partial charge in [0, 0.05) is 25.2 Å². The highest BCUT2D eigenvalue weighted by atomic mass is 16.2. The fourth-order valence-electron chi connectivity index (χ4n) is 2.78. The summed E-state index contributed by atoms with van der Waals surface area (Å²) >= 11 is 0. The van der Waals surface area contributed by atoms with Crippen LogP contribution in [0.1, 0.15) is 39.2 Å². The number of hydrazone groups is 1. The van der Waals surface area contributed by atoms with Crippen molar-refractivity contribution in [2.45, 2.75) is 40.2 Å². The number of benzene rings is 1. The maximum absolute atomic E-state index is 12.2. The van der Waals surface area contributed by atoms with Crippen molar-refractivity contribution in [3.8, 4) is 0 Å². The number of amides is 2. The van der Waals surface area contributed by atoms with Crippen molar-refractivity contribution in [1.29, 1.82) is 0 Å². The van der Waals surface area contributed by atoms with Gasteiger partial charge in [-0.25, -0.2) is 5.43 Å². The van der Waals surface area contributed by atoms with Gasteiger partial charge < -0.3 is 4.90 Å². The monoisotopic (exact) mass is 315 g/mol. The van der Waals surface area contributed by atoms with Gasteiger partial charge in [0.2, 0.25) is 11.8 Å². The van der Waals surface area contributed by atoms with Crippen LogP contribution in [0.2, 0.25) is 0 Å². The van der Waals surface area contributed by atoms with Crippen LogP contribution < -0.4 is 5.43 Å². The Morgan fingerprint density at radius 3 is 2.70 bits per heavy atom. The second-order valence-corrected chi connectivity index (χ2v) is 6.58. The number of carbonyl (C=O) groups is 2. The first-order valence-corrected chi connectivity index (χ1v) is 8.10. The van der Waals surface area contributed by atoms with Gasteiger partial charge in [0.05, 0.1) is 5.92 Å². The number of carbonyl (C=O) groups excluding carboxylic acids is 2. The summed E-state index contributed by atoms with van der Waals surface area (Å²) in [4.78, 5) is 26.0. The first kappa shape index (κ1) is 17.2. The minimum absolute atomic E-state index is 0.0249. The molecule has 1 aliphatic rings. The molecule has 0 spiro atoms. The molecule has 0 aliphatic carbocycles. The van der Waals surface area contributed by atoms with Crippen molar-refractivity contribution in [3.63, 3.8) is 0 Å². The van der Waals surface area contributed by atoms with Crippen molar-refractivity contribution in [3.05, 3.63) is 35.9 Å². The molecule has 1 aromatic rings. The summed E-state index contributed by atoms with van der Waals surface area (Å²) in [5, 5.41) is 4.13. The molecular formula is C18H25N3O2. The van der Waals surface area contributed by atoms with Gasteiger partial charge >= 0.3 is 0 Å². The average molecular weight is 315 g/mol. The van der Waals surface area contributed by atoms with Crippen molar-refractivity contribution >= 4 is 17.5 Å². The van der Waals surface area contributed by atoms with E-state index in [0.717, 1.165) is 17.7 Å². The van der Waals surface area contributed by atoms with E-state index in [9.17, 15) is 9.59 Å². The normalized spacial score (nSPS) is 18.6. The van der Waals surface area contributed by atoms with Crippen LogP contribution in [-0.2, 0) is 16.1 Å². The number of hydrogen-bond donors (Lipinski definition) is 1. The number of rotatable bonds is 6. The summed E-state index contributed by atoms with van der Waals surface area (Å²) in [6, 6.07) is 9.82. The largest absolute Gasteiger partial charge is 0.338 e. The highest BCUT2D eigenvalue weighted by molar-refractivity contribution is 5.90. The molecule has 5 nitrogen and oxygen atoms in total. The molecule has 5 heteroatoms. The number of nitrogens with zero attached hydrogens (tertiary/aromatic N) is 2. The third kappa shape index (κ3) is 5.20.